The van der Waals surface area contributed by atoms with Gasteiger partial charge in [0.05, 0.1) is 16.7 Å². The van der Waals surface area contributed by atoms with E-state index < -0.39 is 0 Å². The fraction of sp³-hybridized carbons (Fsp3) is 0.0556. The summed E-state index contributed by atoms with van der Waals surface area (Å²) in [5.41, 5.74) is 5.69. The summed E-state index contributed by atoms with van der Waals surface area (Å²) in [4.78, 5) is 8.24. The molecule has 2 aromatic carbocycles. The van der Waals surface area contributed by atoms with Gasteiger partial charge in [-0.2, -0.15) is 0 Å². The fourth-order valence-corrected chi connectivity index (χ4v) is 2.80. The molecule has 0 aliphatic carbocycles. The molecule has 2 heterocycles. The van der Waals surface area contributed by atoms with Crippen molar-refractivity contribution in [2.75, 3.05) is 0 Å². The van der Waals surface area contributed by atoms with Gasteiger partial charge in [0.1, 0.15) is 0 Å². The Morgan fingerprint density at radius 1 is 0.850 bits per heavy atom. The maximum absolute atomic E-state index is 4.89. The summed E-state index contributed by atoms with van der Waals surface area (Å²) in [6.45, 7) is 2.13. The molecule has 0 bridgehead atoms. The molecule has 2 aromatic heterocycles. The molecule has 0 radical (unpaired) electrons. The number of aryl methyl sites for hydroxylation is 1. The summed E-state index contributed by atoms with van der Waals surface area (Å²) in [6, 6.07) is 18.8. The van der Waals surface area contributed by atoms with Crippen LogP contribution in [0.15, 0.2) is 60.8 Å². The Balaban J connectivity index is 2.17. The van der Waals surface area contributed by atoms with Crippen LogP contribution >= 0.6 is 0 Å². The number of hydrogen-bond acceptors (Lipinski definition) is 1. The molecule has 0 fully saturated rings. The number of fused-ring (bicyclic) bond motifs is 3. The highest BCUT2D eigenvalue weighted by molar-refractivity contribution is 6.09. The molecule has 20 heavy (non-hydrogen) atoms. The van der Waals surface area contributed by atoms with Crippen LogP contribution in [0.2, 0.25) is 0 Å². The van der Waals surface area contributed by atoms with Crippen LogP contribution in [0.1, 0.15) is 5.56 Å². The van der Waals surface area contributed by atoms with Gasteiger partial charge in [0, 0.05) is 22.5 Å². The molecular formula is C18H14N2. The Labute approximate surface area is 117 Å². The molecule has 0 atom stereocenters. The lowest BCUT2D eigenvalue weighted by Gasteiger charge is -2.09. The lowest BCUT2D eigenvalue weighted by molar-refractivity contribution is 1.38. The molecule has 2 heteroatoms. The summed E-state index contributed by atoms with van der Waals surface area (Å²) in [5, 5.41) is 2.35. The maximum Gasteiger partial charge on any atom is 0.0806 e. The summed E-state index contributed by atoms with van der Waals surface area (Å²) in [6.07, 6.45) is 1.99. The summed E-state index contributed by atoms with van der Waals surface area (Å²) < 4.78 is 0. The number of aromatic nitrogens is 2. The van der Waals surface area contributed by atoms with Gasteiger partial charge in [-0.25, -0.2) is 4.98 Å². The van der Waals surface area contributed by atoms with Crippen molar-refractivity contribution in [1.82, 2.24) is 9.97 Å². The van der Waals surface area contributed by atoms with Crippen LogP contribution in [0.4, 0.5) is 0 Å². The molecule has 0 unspecified atom stereocenters. The fourth-order valence-electron chi connectivity index (χ4n) is 2.80. The normalized spacial score (nSPS) is 11.2. The highest BCUT2D eigenvalue weighted by Crippen LogP contribution is 2.32. The molecular weight excluding hydrogens is 244 g/mol. The van der Waals surface area contributed by atoms with Crippen molar-refractivity contribution in [3.63, 3.8) is 0 Å². The zero-order chi connectivity index (χ0) is 13.5. The topological polar surface area (TPSA) is 28.7 Å². The molecule has 0 saturated carbocycles. The van der Waals surface area contributed by atoms with E-state index in [1.54, 1.807) is 0 Å². The second-order valence-corrected chi connectivity index (χ2v) is 5.06. The van der Waals surface area contributed by atoms with E-state index in [0.29, 0.717) is 0 Å². The minimum atomic E-state index is 1.03. The molecule has 0 spiro atoms. The van der Waals surface area contributed by atoms with Crippen molar-refractivity contribution in [3.8, 4) is 11.3 Å². The van der Waals surface area contributed by atoms with E-state index in [4.69, 9.17) is 4.98 Å². The van der Waals surface area contributed by atoms with Crippen LogP contribution in [0.5, 0.6) is 0 Å². The van der Waals surface area contributed by atoms with Crippen LogP contribution < -0.4 is 0 Å². The monoisotopic (exact) mass is 258 g/mol. The first-order valence-electron chi connectivity index (χ1n) is 6.76. The average Bonchev–Trinajstić information content (AvgIpc) is 2.97. The molecule has 0 aliphatic rings. The third kappa shape index (κ3) is 1.55. The van der Waals surface area contributed by atoms with Crippen LogP contribution in [-0.2, 0) is 0 Å². The van der Waals surface area contributed by atoms with E-state index in [1.807, 2.05) is 12.3 Å². The van der Waals surface area contributed by atoms with Crippen molar-refractivity contribution in [2.45, 2.75) is 6.92 Å². The van der Waals surface area contributed by atoms with Crippen LogP contribution in [0.3, 0.4) is 0 Å². The Kier molecular flexibility index (Phi) is 2.36. The van der Waals surface area contributed by atoms with E-state index in [2.05, 4.69) is 60.4 Å². The second kappa shape index (κ2) is 4.20. The predicted molar refractivity (Wildman–Crippen MR) is 83.8 cm³/mol. The van der Waals surface area contributed by atoms with Crippen LogP contribution in [0.25, 0.3) is 33.1 Å². The van der Waals surface area contributed by atoms with Gasteiger partial charge >= 0.3 is 0 Å². The Morgan fingerprint density at radius 2 is 1.65 bits per heavy atom. The summed E-state index contributed by atoms with van der Waals surface area (Å²) in [5.74, 6) is 0. The lowest BCUT2D eigenvalue weighted by atomic mass is 10.0. The van der Waals surface area contributed by atoms with Gasteiger partial charge in [-0.3, -0.25) is 0 Å². The van der Waals surface area contributed by atoms with E-state index >= 15 is 0 Å². The number of nitrogens with zero attached hydrogens (tertiary/aromatic N) is 1. The lowest BCUT2D eigenvalue weighted by Crippen LogP contribution is -1.90. The van der Waals surface area contributed by atoms with E-state index in [0.717, 1.165) is 16.7 Å². The second-order valence-electron chi connectivity index (χ2n) is 5.06. The first-order valence-corrected chi connectivity index (χ1v) is 6.76. The first-order chi connectivity index (χ1) is 9.84. The number of nitrogens with one attached hydrogen (secondary N) is 1. The van der Waals surface area contributed by atoms with Crippen molar-refractivity contribution in [1.29, 1.82) is 0 Å². The first kappa shape index (κ1) is 11.2. The van der Waals surface area contributed by atoms with E-state index in [9.17, 15) is 0 Å². The van der Waals surface area contributed by atoms with Crippen molar-refractivity contribution in [2.24, 2.45) is 0 Å². The average molecular weight is 258 g/mol. The third-order valence-electron chi connectivity index (χ3n) is 3.81. The minimum absolute atomic E-state index is 1.03. The van der Waals surface area contributed by atoms with Gasteiger partial charge in [0.25, 0.3) is 0 Å². The van der Waals surface area contributed by atoms with Crippen molar-refractivity contribution >= 4 is 21.8 Å². The molecule has 0 aliphatic heterocycles. The van der Waals surface area contributed by atoms with Crippen molar-refractivity contribution < 1.29 is 0 Å². The quantitative estimate of drug-likeness (QED) is 0.527. The molecule has 4 rings (SSSR count). The summed E-state index contributed by atoms with van der Waals surface area (Å²) in [7, 11) is 0. The van der Waals surface area contributed by atoms with Gasteiger partial charge in [-0.15, -0.1) is 0 Å². The van der Waals surface area contributed by atoms with E-state index in [-0.39, 0.29) is 0 Å². The number of para-hydroxylation sites is 1. The number of pyridine rings is 1. The Hall–Kier alpha value is -2.61. The Bertz CT molecular complexity index is 919. The predicted octanol–water partition coefficient (Wildman–Crippen LogP) is 4.69. The minimum Gasteiger partial charge on any atom is -0.361 e. The van der Waals surface area contributed by atoms with Gasteiger partial charge in [0.2, 0.25) is 0 Å². The molecule has 0 saturated heterocycles. The standard InChI is InChI=1S/C18H14N2/c1-12-6-2-3-7-13(12)18-15-10-11-19-17(15)14-8-4-5-9-16(14)20-18/h2-11,19H,1H3. The SMILES string of the molecule is Cc1ccccc1-c1nc2ccccc2c2[nH]ccc12. The van der Waals surface area contributed by atoms with Gasteiger partial charge in [0.15, 0.2) is 0 Å². The van der Waals surface area contributed by atoms with E-state index in [1.165, 1.54) is 21.9 Å². The molecule has 96 valence electrons. The Morgan fingerprint density at radius 3 is 2.55 bits per heavy atom. The van der Waals surface area contributed by atoms with Gasteiger partial charge in [-0.05, 0) is 24.6 Å². The summed E-state index contributed by atoms with van der Waals surface area (Å²) >= 11 is 0. The number of H-pyrrole nitrogens is 1. The largest absolute Gasteiger partial charge is 0.361 e. The molecule has 2 nitrogen and oxygen atoms in total. The van der Waals surface area contributed by atoms with Crippen molar-refractivity contribution in [3.05, 3.63) is 66.4 Å². The smallest absolute Gasteiger partial charge is 0.0806 e. The number of aromatic amines is 1. The third-order valence-corrected chi connectivity index (χ3v) is 3.81. The van der Waals surface area contributed by atoms with Gasteiger partial charge in [-0.1, -0.05) is 42.5 Å². The zero-order valence-corrected chi connectivity index (χ0v) is 11.2. The molecule has 4 aromatic rings. The highest BCUT2D eigenvalue weighted by atomic mass is 14.7. The maximum atomic E-state index is 4.89. The molecule has 0 amide bonds. The number of hydrogen-bond donors (Lipinski definition) is 1. The number of benzene rings is 2. The zero-order valence-electron chi connectivity index (χ0n) is 11.2. The number of rotatable bonds is 1. The highest BCUT2D eigenvalue weighted by Gasteiger charge is 2.11. The van der Waals surface area contributed by atoms with Crippen LogP contribution in [0, 0.1) is 6.92 Å². The molecule has 1 N–H and O–H groups in total. The van der Waals surface area contributed by atoms with Gasteiger partial charge < -0.3 is 4.98 Å². The van der Waals surface area contributed by atoms with Crippen LogP contribution in [-0.4, -0.2) is 9.97 Å².